The van der Waals surface area contributed by atoms with Crippen LogP contribution >= 0.6 is 12.2 Å². The number of fused-ring (bicyclic) bond motifs is 2. The van der Waals surface area contributed by atoms with Gasteiger partial charge in [-0.15, -0.1) is 0 Å². The van der Waals surface area contributed by atoms with Crippen LogP contribution in [0.3, 0.4) is 0 Å². The second kappa shape index (κ2) is 5.19. The standard InChI is InChI=1S/C15H20N2OS/c16-15(19)11-3-1-2-10(6-11)9-17-12-4-5-13(17)8-14(18)7-12/h1-3,6,12-14,18H,4-5,7-9H2,(H2,16,19). The Kier molecular flexibility index (Phi) is 3.56. The summed E-state index contributed by atoms with van der Waals surface area (Å²) in [5.41, 5.74) is 7.89. The first kappa shape index (κ1) is 13.0. The van der Waals surface area contributed by atoms with E-state index in [9.17, 15) is 5.11 Å². The minimum absolute atomic E-state index is 0.100. The van der Waals surface area contributed by atoms with E-state index < -0.39 is 0 Å². The Morgan fingerprint density at radius 3 is 2.63 bits per heavy atom. The van der Waals surface area contributed by atoms with Gasteiger partial charge in [-0.3, -0.25) is 4.90 Å². The molecule has 1 aromatic rings. The van der Waals surface area contributed by atoms with Gasteiger partial charge in [-0.2, -0.15) is 0 Å². The summed E-state index contributed by atoms with van der Waals surface area (Å²) in [6.07, 6.45) is 4.18. The van der Waals surface area contributed by atoms with Crippen LogP contribution in [0.5, 0.6) is 0 Å². The highest BCUT2D eigenvalue weighted by Crippen LogP contribution is 2.36. The molecule has 2 fully saturated rings. The van der Waals surface area contributed by atoms with Gasteiger partial charge in [-0.1, -0.05) is 30.4 Å². The Morgan fingerprint density at radius 2 is 2.00 bits per heavy atom. The number of hydrogen-bond donors (Lipinski definition) is 2. The molecular formula is C15H20N2OS. The number of piperidine rings is 1. The summed E-state index contributed by atoms with van der Waals surface area (Å²) in [6, 6.07) is 9.29. The van der Waals surface area contributed by atoms with Crippen LogP contribution in [0.1, 0.15) is 36.8 Å². The summed E-state index contributed by atoms with van der Waals surface area (Å²) in [4.78, 5) is 3.00. The predicted octanol–water partition coefficient (Wildman–Crippen LogP) is 1.81. The van der Waals surface area contributed by atoms with Crippen LogP contribution in [-0.2, 0) is 6.54 Å². The molecule has 0 spiro atoms. The quantitative estimate of drug-likeness (QED) is 0.827. The summed E-state index contributed by atoms with van der Waals surface area (Å²) in [5.74, 6) is 0. The molecule has 2 heterocycles. The van der Waals surface area contributed by atoms with E-state index in [0.29, 0.717) is 17.1 Å². The lowest BCUT2D eigenvalue weighted by Crippen LogP contribution is -2.44. The van der Waals surface area contributed by atoms with E-state index >= 15 is 0 Å². The zero-order valence-corrected chi connectivity index (χ0v) is 11.8. The normalized spacial score (nSPS) is 30.5. The maximum atomic E-state index is 9.83. The van der Waals surface area contributed by atoms with E-state index in [1.807, 2.05) is 12.1 Å². The maximum absolute atomic E-state index is 9.83. The number of hydrogen-bond acceptors (Lipinski definition) is 3. The predicted molar refractivity (Wildman–Crippen MR) is 79.9 cm³/mol. The van der Waals surface area contributed by atoms with Crippen molar-refractivity contribution >= 4 is 17.2 Å². The summed E-state index contributed by atoms with van der Waals surface area (Å²) in [7, 11) is 0. The zero-order valence-electron chi connectivity index (χ0n) is 11.0. The largest absolute Gasteiger partial charge is 0.393 e. The molecule has 2 aliphatic heterocycles. The molecule has 0 amide bonds. The molecule has 2 saturated heterocycles. The molecule has 0 saturated carbocycles. The number of nitrogens with two attached hydrogens (primary N) is 1. The van der Waals surface area contributed by atoms with E-state index in [0.717, 1.165) is 24.9 Å². The lowest BCUT2D eigenvalue weighted by Gasteiger charge is -2.37. The molecule has 19 heavy (non-hydrogen) atoms. The maximum Gasteiger partial charge on any atom is 0.103 e. The molecule has 3 N–H and O–H groups in total. The van der Waals surface area contributed by atoms with Gasteiger partial charge < -0.3 is 10.8 Å². The minimum Gasteiger partial charge on any atom is -0.393 e. The number of benzene rings is 1. The molecule has 102 valence electrons. The number of rotatable bonds is 3. The van der Waals surface area contributed by atoms with E-state index in [1.165, 1.54) is 18.4 Å². The third-order valence-corrected chi connectivity index (χ3v) is 4.67. The molecule has 2 bridgehead atoms. The van der Waals surface area contributed by atoms with Crippen LogP contribution in [0.4, 0.5) is 0 Å². The van der Waals surface area contributed by atoms with Crippen LogP contribution in [-0.4, -0.2) is 33.2 Å². The lowest BCUT2D eigenvalue weighted by atomic mass is 9.99. The van der Waals surface area contributed by atoms with Gasteiger partial charge in [-0.05, 0) is 37.3 Å². The van der Waals surface area contributed by atoms with Crippen LogP contribution in [0.25, 0.3) is 0 Å². The Balaban J connectivity index is 1.75. The minimum atomic E-state index is -0.100. The van der Waals surface area contributed by atoms with E-state index in [4.69, 9.17) is 18.0 Å². The number of nitrogens with zero attached hydrogens (tertiary/aromatic N) is 1. The Labute approximate surface area is 119 Å². The van der Waals surface area contributed by atoms with Gasteiger partial charge in [0, 0.05) is 24.2 Å². The highest BCUT2D eigenvalue weighted by atomic mass is 32.1. The fourth-order valence-corrected chi connectivity index (χ4v) is 3.66. The third-order valence-electron chi connectivity index (χ3n) is 4.44. The SMILES string of the molecule is NC(=S)c1cccc(CN2C3CCC2CC(O)C3)c1. The van der Waals surface area contributed by atoms with Gasteiger partial charge in [0.25, 0.3) is 0 Å². The first-order valence-electron chi connectivity index (χ1n) is 6.96. The topological polar surface area (TPSA) is 49.5 Å². The molecule has 2 unspecified atom stereocenters. The van der Waals surface area contributed by atoms with Crippen molar-refractivity contribution in [1.29, 1.82) is 0 Å². The molecular weight excluding hydrogens is 256 g/mol. The molecule has 0 aliphatic carbocycles. The summed E-state index contributed by atoms with van der Waals surface area (Å²) >= 11 is 5.03. The van der Waals surface area contributed by atoms with E-state index in [2.05, 4.69) is 17.0 Å². The molecule has 0 radical (unpaired) electrons. The molecule has 4 heteroatoms. The fourth-order valence-electron chi connectivity index (χ4n) is 3.54. The summed E-state index contributed by atoms with van der Waals surface area (Å²) < 4.78 is 0. The van der Waals surface area contributed by atoms with Crippen molar-refractivity contribution < 1.29 is 5.11 Å². The van der Waals surface area contributed by atoms with Crippen LogP contribution in [0, 0.1) is 0 Å². The average Bonchev–Trinajstić information content (AvgIpc) is 2.62. The summed E-state index contributed by atoms with van der Waals surface area (Å²) in [6.45, 7) is 0.943. The van der Waals surface area contributed by atoms with Crippen LogP contribution in [0.2, 0.25) is 0 Å². The van der Waals surface area contributed by atoms with Gasteiger partial charge in [0.05, 0.1) is 6.10 Å². The molecule has 0 aromatic heterocycles. The zero-order chi connectivity index (χ0) is 13.4. The first-order chi connectivity index (χ1) is 9.13. The van der Waals surface area contributed by atoms with Gasteiger partial charge >= 0.3 is 0 Å². The van der Waals surface area contributed by atoms with Crippen LogP contribution in [0.15, 0.2) is 24.3 Å². The first-order valence-corrected chi connectivity index (χ1v) is 7.37. The van der Waals surface area contributed by atoms with Crippen molar-refractivity contribution in [2.24, 2.45) is 5.73 Å². The molecule has 2 atom stereocenters. The monoisotopic (exact) mass is 276 g/mol. The van der Waals surface area contributed by atoms with Crippen molar-refractivity contribution in [2.45, 2.75) is 50.4 Å². The smallest absolute Gasteiger partial charge is 0.103 e. The number of aliphatic hydroxyl groups is 1. The Bertz CT molecular complexity index is 477. The van der Waals surface area contributed by atoms with Crippen molar-refractivity contribution in [1.82, 2.24) is 4.90 Å². The van der Waals surface area contributed by atoms with Crippen LogP contribution < -0.4 is 5.73 Å². The van der Waals surface area contributed by atoms with Crippen molar-refractivity contribution in [3.05, 3.63) is 35.4 Å². The second-order valence-electron chi connectivity index (χ2n) is 5.75. The van der Waals surface area contributed by atoms with E-state index in [1.54, 1.807) is 0 Å². The van der Waals surface area contributed by atoms with Crippen molar-refractivity contribution in [3.8, 4) is 0 Å². The lowest BCUT2D eigenvalue weighted by molar-refractivity contribution is 0.0310. The fraction of sp³-hybridized carbons (Fsp3) is 0.533. The Morgan fingerprint density at radius 1 is 1.32 bits per heavy atom. The highest BCUT2D eigenvalue weighted by Gasteiger charge is 2.39. The van der Waals surface area contributed by atoms with Gasteiger partial charge in [0.1, 0.15) is 4.99 Å². The van der Waals surface area contributed by atoms with Gasteiger partial charge in [0.2, 0.25) is 0 Å². The van der Waals surface area contributed by atoms with Gasteiger partial charge in [0.15, 0.2) is 0 Å². The number of aliphatic hydroxyl groups excluding tert-OH is 1. The molecule has 2 aliphatic rings. The Hall–Kier alpha value is -0.970. The summed E-state index contributed by atoms with van der Waals surface area (Å²) in [5, 5.41) is 9.83. The van der Waals surface area contributed by atoms with Crippen molar-refractivity contribution in [3.63, 3.8) is 0 Å². The average molecular weight is 276 g/mol. The molecule has 3 nitrogen and oxygen atoms in total. The van der Waals surface area contributed by atoms with Gasteiger partial charge in [-0.25, -0.2) is 0 Å². The number of thiocarbonyl (C=S) groups is 1. The molecule has 3 rings (SSSR count). The second-order valence-corrected chi connectivity index (χ2v) is 6.19. The van der Waals surface area contributed by atoms with E-state index in [-0.39, 0.29) is 6.10 Å². The molecule has 1 aromatic carbocycles. The van der Waals surface area contributed by atoms with Crippen molar-refractivity contribution in [2.75, 3.05) is 0 Å². The third kappa shape index (κ3) is 2.66. The highest BCUT2D eigenvalue weighted by molar-refractivity contribution is 7.80.